The van der Waals surface area contributed by atoms with Gasteiger partial charge >= 0.3 is 0 Å². The van der Waals surface area contributed by atoms with E-state index in [1.54, 1.807) is 0 Å². The number of aryl methyl sites for hydroxylation is 1. The van der Waals surface area contributed by atoms with Gasteiger partial charge in [-0.2, -0.15) is 4.98 Å². The largest absolute Gasteiger partial charge is 0.474 e. The molecule has 1 saturated carbocycles. The summed E-state index contributed by atoms with van der Waals surface area (Å²) >= 11 is 3.40. The van der Waals surface area contributed by atoms with E-state index in [1.165, 1.54) is 12.8 Å². The Kier molecular flexibility index (Phi) is 4.37. The number of nitrogens with zero attached hydrogens (tertiary/aromatic N) is 2. The van der Waals surface area contributed by atoms with E-state index in [-0.39, 0.29) is 0 Å². The molecule has 0 aliphatic heterocycles. The average Bonchev–Trinajstić information content (AvgIpc) is 2.28. The summed E-state index contributed by atoms with van der Waals surface area (Å²) in [7, 11) is 0. The highest BCUT2D eigenvalue weighted by atomic mass is 79.9. The van der Waals surface area contributed by atoms with Crippen LogP contribution in [0.25, 0.3) is 0 Å². The minimum atomic E-state index is 0.324. The maximum Gasteiger partial charge on any atom is 0.217 e. The van der Waals surface area contributed by atoms with Crippen LogP contribution in [0.2, 0.25) is 0 Å². The molecule has 17 heavy (non-hydrogen) atoms. The van der Waals surface area contributed by atoms with Crippen molar-refractivity contribution in [1.82, 2.24) is 9.97 Å². The first-order valence-electron chi connectivity index (χ1n) is 6.37. The Morgan fingerprint density at radius 1 is 1.41 bits per heavy atom. The van der Waals surface area contributed by atoms with Crippen molar-refractivity contribution in [2.24, 2.45) is 5.92 Å². The first kappa shape index (κ1) is 12.8. The summed E-state index contributed by atoms with van der Waals surface area (Å²) in [6.45, 7) is 4.34. The molecular formula is C13H19BrN2O. The monoisotopic (exact) mass is 298 g/mol. The Balaban J connectivity index is 2.04. The van der Waals surface area contributed by atoms with Crippen molar-refractivity contribution in [3.05, 3.63) is 16.5 Å². The molecule has 0 bridgehead atoms. The molecule has 0 spiro atoms. The van der Waals surface area contributed by atoms with E-state index < -0.39 is 0 Å². The Labute approximate surface area is 111 Å². The topological polar surface area (TPSA) is 35.0 Å². The highest BCUT2D eigenvalue weighted by molar-refractivity contribution is 9.10. The van der Waals surface area contributed by atoms with E-state index in [9.17, 15) is 0 Å². The zero-order valence-corrected chi connectivity index (χ0v) is 12.0. The van der Waals surface area contributed by atoms with E-state index in [2.05, 4.69) is 32.8 Å². The van der Waals surface area contributed by atoms with Gasteiger partial charge in [-0.15, -0.1) is 0 Å². The first-order valence-corrected chi connectivity index (χ1v) is 7.16. The van der Waals surface area contributed by atoms with Gasteiger partial charge in [0.2, 0.25) is 5.88 Å². The highest BCUT2D eigenvalue weighted by Gasteiger charge is 2.20. The predicted octanol–water partition coefficient (Wildman–Crippen LogP) is 3.76. The van der Waals surface area contributed by atoms with E-state index in [4.69, 9.17) is 4.74 Å². The summed E-state index contributed by atoms with van der Waals surface area (Å²) in [5.74, 6) is 2.31. The molecular weight excluding hydrogens is 280 g/mol. The van der Waals surface area contributed by atoms with Crippen molar-refractivity contribution in [2.75, 3.05) is 0 Å². The molecule has 3 nitrogen and oxygen atoms in total. The first-order chi connectivity index (χ1) is 8.17. The molecule has 0 N–H and O–H groups in total. The van der Waals surface area contributed by atoms with Crippen LogP contribution >= 0.6 is 15.9 Å². The Hall–Kier alpha value is -0.640. The third-order valence-corrected chi connectivity index (χ3v) is 3.62. The van der Waals surface area contributed by atoms with E-state index in [0.29, 0.717) is 12.0 Å². The Morgan fingerprint density at radius 2 is 2.24 bits per heavy atom. The average molecular weight is 299 g/mol. The van der Waals surface area contributed by atoms with E-state index in [0.717, 1.165) is 35.6 Å². The van der Waals surface area contributed by atoms with Gasteiger partial charge in [0.15, 0.2) is 0 Å². The van der Waals surface area contributed by atoms with Gasteiger partial charge in [0.05, 0.1) is 0 Å². The summed E-state index contributed by atoms with van der Waals surface area (Å²) < 4.78 is 6.78. The molecule has 2 rings (SSSR count). The van der Waals surface area contributed by atoms with Crippen LogP contribution in [0.1, 0.15) is 45.4 Å². The minimum absolute atomic E-state index is 0.324. The third-order valence-electron chi connectivity index (χ3n) is 3.21. The molecule has 1 aliphatic carbocycles. The predicted molar refractivity (Wildman–Crippen MR) is 71.2 cm³/mol. The smallest absolute Gasteiger partial charge is 0.217 e. The van der Waals surface area contributed by atoms with Crippen LogP contribution in [0.15, 0.2) is 10.7 Å². The van der Waals surface area contributed by atoms with Gasteiger partial charge in [-0.3, -0.25) is 0 Å². The molecule has 0 aromatic carbocycles. The lowest BCUT2D eigenvalue weighted by Gasteiger charge is -2.26. The molecule has 1 aromatic heterocycles. The molecule has 2 unspecified atom stereocenters. The normalized spacial score (nSPS) is 24.6. The number of aromatic nitrogens is 2. The lowest BCUT2D eigenvalue weighted by atomic mass is 9.89. The van der Waals surface area contributed by atoms with Crippen LogP contribution < -0.4 is 4.74 Å². The SMILES string of the molecule is CCc1nc(Br)cc(OC2CCCC(C)C2)n1. The van der Waals surface area contributed by atoms with Crippen molar-refractivity contribution >= 4 is 15.9 Å². The quantitative estimate of drug-likeness (QED) is 0.797. The van der Waals surface area contributed by atoms with E-state index in [1.807, 2.05) is 13.0 Å². The number of hydrogen-bond donors (Lipinski definition) is 0. The fourth-order valence-corrected chi connectivity index (χ4v) is 2.72. The fraction of sp³-hybridized carbons (Fsp3) is 0.692. The van der Waals surface area contributed by atoms with Crippen molar-refractivity contribution in [3.8, 4) is 5.88 Å². The molecule has 1 heterocycles. The van der Waals surface area contributed by atoms with Crippen molar-refractivity contribution in [1.29, 1.82) is 0 Å². The fourth-order valence-electron chi connectivity index (χ4n) is 2.32. The number of ether oxygens (including phenoxy) is 1. The second-order valence-corrected chi connectivity index (χ2v) is 5.62. The van der Waals surface area contributed by atoms with Crippen molar-refractivity contribution < 1.29 is 4.74 Å². The zero-order chi connectivity index (χ0) is 12.3. The van der Waals surface area contributed by atoms with Gasteiger partial charge in [0.1, 0.15) is 16.5 Å². The summed E-state index contributed by atoms with van der Waals surface area (Å²) in [5, 5.41) is 0. The second-order valence-electron chi connectivity index (χ2n) is 4.81. The second kappa shape index (κ2) is 5.80. The third kappa shape index (κ3) is 3.66. The molecule has 1 fully saturated rings. The van der Waals surface area contributed by atoms with Crippen LogP contribution in [0.3, 0.4) is 0 Å². The minimum Gasteiger partial charge on any atom is -0.474 e. The van der Waals surface area contributed by atoms with Gasteiger partial charge < -0.3 is 4.74 Å². The zero-order valence-electron chi connectivity index (χ0n) is 10.4. The van der Waals surface area contributed by atoms with Gasteiger partial charge in [-0.1, -0.05) is 20.3 Å². The molecule has 2 atom stereocenters. The van der Waals surface area contributed by atoms with Gasteiger partial charge in [-0.05, 0) is 41.1 Å². The van der Waals surface area contributed by atoms with Crippen LogP contribution in [0.4, 0.5) is 0 Å². The number of hydrogen-bond acceptors (Lipinski definition) is 3. The summed E-state index contributed by atoms with van der Waals surface area (Å²) in [6.07, 6.45) is 6.03. The maximum atomic E-state index is 5.97. The van der Waals surface area contributed by atoms with Crippen LogP contribution in [0, 0.1) is 5.92 Å². The highest BCUT2D eigenvalue weighted by Crippen LogP contribution is 2.27. The molecule has 0 radical (unpaired) electrons. The van der Waals surface area contributed by atoms with Crippen LogP contribution in [-0.4, -0.2) is 16.1 Å². The summed E-state index contributed by atoms with van der Waals surface area (Å²) in [5.41, 5.74) is 0. The Morgan fingerprint density at radius 3 is 2.94 bits per heavy atom. The summed E-state index contributed by atoms with van der Waals surface area (Å²) in [6, 6.07) is 1.86. The number of halogens is 1. The van der Waals surface area contributed by atoms with Crippen LogP contribution in [-0.2, 0) is 6.42 Å². The van der Waals surface area contributed by atoms with Gasteiger partial charge in [0, 0.05) is 12.5 Å². The van der Waals surface area contributed by atoms with Gasteiger partial charge in [0.25, 0.3) is 0 Å². The lowest BCUT2D eigenvalue weighted by Crippen LogP contribution is -2.24. The van der Waals surface area contributed by atoms with Gasteiger partial charge in [-0.25, -0.2) is 4.98 Å². The molecule has 4 heteroatoms. The molecule has 1 aliphatic rings. The van der Waals surface area contributed by atoms with Crippen molar-refractivity contribution in [3.63, 3.8) is 0 Å². The Bertz CT molecular complexity index is 384. The lowest BCUT2D eigenvalue weighted by molar-refractivity contribution is 0.123. The van der Waals surface area contributed by atoms with Crippen molar-refractivity contribution in [2.45, 2.75) is 52.1 Å². The standard InChI is InChI=1S/C13H19BrN2O/c1-3-12-15-11(14)8-13(16-12)17-10-6-4-5-9(2)7-10/h8-10H,3-7H2,1-2H3. The summed E-state index contributed by atoms with van der Waals surface area (Å²) in [4.78, 5) is 8.69. The van der Waals surface area contributed by atoms with Crippen LogP contribution in [0.5, 0.6) is 5.88 Å². The maximum absolute atomic E-state index is 5.97. The molecule has 0 saturated heterocycles. The molecule has 1 aromatic rings. The number of rotatable bonds is 3. The van der Waals surface area contributed by atoms with E-state index >= 15 is 0 Å². The molecule has 0 amide bonds. The molecule has 94 valence electrons.